The van der Waals surface area contributed by atoms with Gasteiger partial charge in [0.05, 0.1) is 11.8 Å². The number of H-pyrrole nitrogens is 1. The predicted octanol–water partition coefficient (Wildman–Crippen LogP) is 0.683. The summed E-state index contributed by atoms with van der Waals surface area (Å²) in [5, 5.41) is 17.8. The summed E-state index contributed by atoms with van der Waals surface area (Å²) in [7, 11) is 0. The van der Waals surface area contributed by atoms with Crippen molar-refractivity contribution in [1.82, 2.24) is 15.5 Å². The van der Waals surface area contributed by atoms with Gasteiger partial charge in [0.25, 0.3) is 5.91 Å². The molecule has 1 amide bonds. The third-order valence-corrected chi connectivity index (χ3v) is 2.52. The molecule has 0 saturated carbocycles. The van der Waals surface area contributed by atoms with Crippen LogP contribution in [0.3, 0.4) is 0 Å². The van der Waals surface area contributed by atoms with Crippen molar-refractivity contribution in [3.8, 4) is 11.8 Å². The summed E-state index contributed by atoms with van der Waals surface area (Å²) in [5.74, 6) is 5.25. The topological polar surface area (TPSA) is 78.0 Å². The maximum Gasteiger partial charge on any atom is 0.254 e. The second kappa shape index (κ2) is 6.38. The zero-order valence-electron chi connectivity index (χ0n) is 10.2. The van der Waals surface area contributed by atoms with E-state index < -0.39 is 0 Å². The van der Waals surface area contributed by atoms with E-state index in [2.05, 4.69) is 27.4 Å². The van der Waals surface area contributed by atoms with Crippen LogP contribution in [0.4, 0.5) is 0 Å². The summed E-state index contributed by atoms with van der Waals surface area (Å²) in [6.45, 7) is 0.190. The van der Waals surface area contributed by atoms with Crippen LogP contribution >= 0.6 is 0 Å². The molecule has 5 nitrogen and oxygen atoms in total. The van der Waals surface area contributed by atoms with Gasteiger partial charge in [-0.05, 0) is 11.6 Å². The Kier molecular flexibility index (Phi) is 4.32. The van der Waals surface area contributed by atoms with E-state index in [4.69, 9.17) is 5.11 Å². The average Bonchev–Trinajstić information content (AvgIpc) is 2.97. The number of aromatic amines is 1. The number of aromatic nitrogens is 2. The molecule has 0 spiro atoms. The van der Waals surface area contributed by atoms with Gasteiger partial charge in [-0.2, -0.15) is 5.10 Å². The highest BCUT2D eigenvalue weighted by atomic mass is 16.2. The van der Waals surface area contributed by atoms with E-state index in [1.165, 1.54) is 12.4 Å². The Bertz CT molecular complexity index is 609. The Morgan fingerprint density at radius 1 is 1.42 bits per heavy atom. The molecule has 0 aliphatic carbocycles. The lowest BCUT2D eigenvalue weighted by atomic mass is 10.1. The molecule has 0 aliphatic rings. The molecule has 2 aromatic rings. The molecule has 0 atom stereocenters. The van der Waals surface area contributed by atoms with E-state index in [9.17, 15) is 4.79 Å². The number of aliphatic hydroxyl groups is 1. The number of carbonyl (C=O) groups is 1. The standard InChI is InChI=1S/C14H13N3O2/c18-7-3-6-11-4-1-2-5-12(11)8-15-14(19)13-9-16-17-10-13/h1-2,4-5,9-10,18H,7-8H2,(H,15,19)(H,16,17). The minimum atomic E-state index is -0.196. The second-order valence-corrected chi connectivity index (χ2v) is 3.79. The summed E-state index contributed by atoms with van der Waals surface area (Å²) in [6, 6.07) is 7.48. The molecule has 19 heavy (non-hydrogen) atoms. The number of hydrogen-bond acceptors (Lipinski definition) is 3. The molecule has 1 heterocycles. The van der Waals surface area contributed by atoms with Gasteiger partial charge >= 0.3 is 0 Å². The number of carbonyl (C=O) groups excluding carboxylic acids is 1. The van der Waals surface area contributed by atoms with Crippen LogP contribution in [0.1, 0.15) is 21.5 Å². The summed E-state index contributed by atoms with van der Waals surface area (Å²) >= 11 is 0. The largest absolute Gasteiger partial charge is 0.384 e. The molecule has 0 fully saturated rings. The van der Waals surface area contributed by atoms with E-state index in [0.717, 1.165) is 11.1 Å². The van der Waals surface area contributed by atoms with Gasteiger partial charge in [0.1, 0.15) is 6.61 Å². The first kappa shape index (κ1) is 12.9. The summed E-state index contributed by atoms with van der Waals surface area (Å²) < 4.78 is 0. The fourth-order valence-corrected chi connectivity index (χ4v) is 1.58. The normalized spacial score (nSPS) is 9.53. The monoisotopic (exact) mass is 255 g/mol. The van der Waals surface area contributed by atoms with Gasteiger partial charge in [-0.15, -0.1) is 0 Å². The molecule has 3 N–H and O–H groups in total. The van der Waals surface area contributed by atoms with Crippen molar-refractivity contribution in [3.63, 3.8) is 0 Å². The molecule has 0 radical (unpaired) electrons. The number of benzene rings is 1. The summed E-state index contributed by atoms with van der Waals surface area (Å²) in [5.41, 5.74) is 2.18. The van der Waals surface area contributed by atoms with Crippen LogP contribution in [0.2, 0.25) is 0 Å². The van der Waals surface area contributed by atoms with Gasteiger partial charge in [-0.3, -0.25) is 9.89 Å². The Hall–Kier alpha value is -2.58. The van der Waals surface area contributed by atoms with E-state index in [1.54, 1.807) is 0 Å². The molecule has 0 unspecified atom stereocenters. The third-order valence-electron chi connectivity index (χ3n) is 2.52. The molecule has 1 aromatic heterocycles. The first-order chi connectivity index (χ1) is 9.31. The van der Waals surface area contributed by atoms with Gasteiger partial charge in [-0.1, -0.05) is 30.0 Å². The van der Waals surface area contributed by atoms with E-state index in [-0.39, 0.29) is 12.5 Å². The highest BCUT2D eigenvalue weighted by Crippen LogP contribution is 2.07. The second-order valence-electron chi connectivity index (χ2n) is 3.79. The molecule has 2 rings (SSSR count). The summed E-state index contributed by atoms with van der Waals surface area (Å²) in [6.07, 6.45) is 3.00. The number of nitrogens with one attached hydrogen (secondary N) is 2. The molecular formula is C14H13N3O2. The van der Waals surface area contributed by atoms with Crippen LogP contribution in [0.25, 0.3) is 0 Å². The van der Waals surface area contributed by atoms with Crippen LogP contribution in [-0.4, -0.2) is 27.8 Å². The molecule has 1 aromatic carbocycles. The van der Waals surface area contributed by atoms with Gasteiger partial charge in [0, 0.05) is 18.3 Å². The number of rotatable bonds is 3. The highest BCUT2D eigenvalue weighted by molar-refractivity contribution is 5.93. The Morgan fingerprint density at radius 2 is 2.26 bits per heavy atom. The molecule has 0 bridgehead atoms. The van der Waals surface area contributed by atoms with Crippen LogP contribution in [0.15, 0.2) is 36.7 Å². The van der Waals surface area contributed by atoms with Crippen LogP contribution in [0, 0.1) is 11.8 Å². The predicted molar refractivity (Wildman–Crippen MR) is 70.2 cm³/mol. The Morgan fingerprint density at radius 3 is 3.00 bits per heavy atom. The van der Waals surface area contributed by atoms with Crippen LogP contribution in [-0.2, 0) is 6.54 Å². The van der Waals surface area contributed by atoms with Crippen LogP contribution < -0.4 is 5.32 Å². The lowest BCUT2D eigenvalue weighted by Gasteiger charge is -2.06. The third kappa shape index (κ3) is 3.44. The van der Waals surface area contributed by atoms with Crippen molar-refractivity contribution in [1.29, 1.82) is 0 Å². The van der Waals surface area contributed by atoms with Crippen molar-refractivity contribution >= 4 is 5.91 Å². The van der Waals surface area contributed by atoms with Gasteiger partial charge in [0.15, 0.2) is 0 Å². The number of aliphatic hydroxyl groups excluding tert-OH is 1. The first-order valence-corrected chi connectivity index (χ1v) is 5.76. The molecule has 96 valence electrons. The highest BCUT2D eigenvalue weighted by Gasteiger charge is 2.06. The fraction of sp³-hybridized carbons (Fsp3) is 0.143. The number of nitrogens with zero attached hydrogens (tertiary/aromatic N) is 1. The quantitative estimate of drug-likeness (QED) is 0.706. The maximum absolute atomic E-state index is 11.8. The minimum Gasteiger partial charge on any atom is -0.384 e. The van der Waals surface area contributed by atoms with E-state index >= 15 is 0 Å². The van der Waals surface area contributed by atoms with Crippen molar-refractivity contribution < 1.29 is 9.90 Å². The van der Waals surface area contributed by atoms with Gasteiger partial charge in [0.2, 0.25) is 0 Å². The average molecular weight is 255 g/mol. The fourth-order valence-electron chi connectivity index (χ4n) is 1.58. The minimum absolute atomic E-state index is 0.185. The molecule has 5 heteroatoms. The lowest BCUT2D eigenvalue weighted by Crippen LogP contribution is -2.22. The zero-order chi connectivity index (χ0) is 13.5. The number of amides is 1. The van der Waals surface area contributed by atoms with Gasteiger partial charge < -0.3 is 10.4 Å². The van der Waals surface area contributed by atoms with Crippen molar-refractivity contribution in [2.45, 2.75) is 6.54 Å². The smallest absolute Gasteiger partial charge is 0.254 e. The van der Waals surface area contributed by atoms with Crippen molar-refractivity contribution in [3.05, 3.63) is 53.3 Å². The van der Waals surface area contributed by atoms with E-state index in [1.807, 2.05) is 24.3 Å². The van der Waals surface area contributed by atoms with E-state index in [0.29, 0.717) is 12.1 Å². The van der Waals surface area contributed by atoms with Gasteiger partial charge in [-0.25, -0.2) is 0 Å². The number of hydrogen-bond donors (Lipinski definition) is 3. The lowest BCUT2D eigenvalue weighted by molar-refractivity contribution is 0.0951. The zero-order valence-corrected chi connectivity index (χ0v) is 10.2. The van der Waals surface area contributed by atoms with Crippen molar-refractivity contribution in [2.75, 3.05) is 6.61 Å². The molecule has 0 saturated heterocycles. The Labute approximate surface area is 110 Å². The Balaban J connectivity index is 2.05. The SMILES string of the molecule is O=C(NCc1ccccc1C#CCO)c1cn[nH]c1. The van der Waals surface area contributed by atoms with Crippen LogP contribution in [0.5, 0.6) is 0 Å². The maximum atomic E-state index is 11.8. The summed E-state index contributed by atoms with van der Waals surface area (Å²) in [4.78, 5) is 11.8. The first-order valence-electron chi connectivity index (χ1n) is 5.76. The van der Waals surface area contributed by atoms with Crippen molar-refractivity contribution in [2.24, 2.45) is 0 Å². The molecule has 0 aliphatic heterocycles. The molecular weight excluding hydrogens is 242 g/mol.